The first kappa shape index (κ1) is 25.4. The molecule has 0 radical (unpaired) electrons. The molecule has 2 aromatic carbocycles. The summed E-state index contributed by atoms with van der Waals surface area (Å²) in [6.07, 6.45) is -3.32. The van der Waals surface area contributed by atoms with Crippen molar-refractivity contribution in [1.82, 2.24) is 14.7 Å². The number of amides is 1. The Morgan fingerprint density at radius 3 is 2.19 bits per heavy atom. The number of carboxylic acid groups (broad SMARTS) is 1. The smallest absolute Gasteiger partial charge is 0.475 e. The average Bonchev–Trinajstić information content (AvgIpc) is 3.35. The number of guanidine groups is 1. The summed E-state index contributed by atoms with van der Waals surface area (Å²) in [6.45, 7) is 4.92. The second kappa shape index (κ2) is 10.9. The Hall–Kier alpha value is -3.66. The molecule has 1 amide bonds. The van der Waals surface area contributed by atoms with E-state index in [1.54, 1.807) is 0 Å². The molecule has 5 rings (SSSR count). The van der Waals surface area contributed by atoms with E-state index in [0.29, 0.717) is 13.1 Å². The highest BCUT2D eigenvalue weighted by Crippen LogP contribution is 2.31. The summed E-state index contributed by atoms with van der Waals surface area (Å²) < 4.78 is 31.7. The number of benzene rings is 2. The fourth-order valence-electron chi connectivity index (χ4n) is 4.54. The van der Waals surface area contributed by atoms with Gasteiger partial charge in [0, 0.05) is 44.8 Å². The third kappa shape index (κ3) is 5.93. The van der Waals surface area contributed by atoms with Crippen molar-refractivity contribution in [3.63, 3.8) is 0 Å². The minimum Gasteiger partial charge on any atom is -0.475 e. The molecule has 0 bridgehead atoms. The van der Waals surface area contributed by atoms with Crippen LogP contribution in [0.2, 0.25) is 0 Å². The maximum absolute atomic E-state index is 13.5. The summed E-state index contributed by atoms with van der Waals surface area (Å²) in [4.78, 5) is 33.6. The molecule has 36 heavy (non-hydrogen) atoms. The first-order chi connectivity index (χ1) is 17.2. The van der Waals surface area contributed by atoms with Crippen molar-refractivity contribution in [2.45, 2.75) is 25.6 Å². The molecule has 0 atom stereocenters. The topological polar surface area (TPSA) is 76.5 Å². The number of rotatable bonds is 5. The maximum Gasteiger partial charge on any atom is 0.490 e. The summed E-state index contributed by atoms with van der Waals surface area (Å²) in [7, 11) is 0. The first-order valence-corrected chi connectivity index (χ1v) is 11.7. The highest BCUT2D eigenvalue weighted by atomic mass is 19.4. The van der Waals surface area contributed by atoms with Crippen molar-refractivity contribution in [3.8, 4) is 0 Å². The van der Waals surface area contributed by atoms with E-state index in [0.717, 1.165) is 50.6 Å². The number of halogens is 3. The number of carbonyl (C=O) groups is 2. The van der Waals surface area contributed by atoms with Crippen LogP contribution in [-0.2, 0) is 22.6 Å². The van der Waals surface area contributed by atoms with Crippen LogP contribution in [-0.4, -0.2) is 76.5 Å². The number of carboxylic acids is 1. The number of alkyl halides is 3. The molecule has 7 nitrogen and oxygen atoms in total. The second-order valence-electron chi connectivity index (χ2n) is 8.70. The molecule has 0 spiro atoms. The van der Waals surface area contributed by atoms with Gasteiger partial charge in [0.1, 0.15) is 0 Å². The predicted octanol–water partition coefficient (Wildman–Crippen LogP) is 3.54. The number of hydrogen-bond acceptors (Lipinski definition) is 5. The molecule has 0 saturated heterocycles. The monoisotopic (exact) mass is 500 g/mol. The minimum absolute atomic E-state index is 0.144. The van der Waals surface area contributed by atoms with E-state index in [2.05, 4.69) is 63.3 Å². The van der Waals surface area contributed by atoms with Crippen molar-refractivity contribution in [3.05, 3.63) is 83.1 Å². The largest absolute Gasteiger partial charge is 0.490 e. The number of nitrogens with zero attached hydrogens (tertiary/aromatic N) is 4. The molecule has 3 aliphatic heterocycles. The molecule has 3 heterocycles. The summed E-state index contributed by atoms with van der Waals surface area (Å²) in [5.74, 6) is -1.75. The van der Waals surface area contributed by atoms with Crippen molar-refractivity contribution >= 4 is 17.8 Å². The lowest BCUT2D eigenvalue weighted by molar-refractivity contribution is -0.192. The van der Waals surface area contributed by atoms with Gasteiger partial charge in [0.05, 0.1) is 12.1 Å². The Morgan fingerprint density at radius 2 is 1.58 bits per heavy atom. The number of fused-ring (bicyclic) bond motifs is 2. The fraction of sp³-hybridized carbons (Fsp3) is 0.346. The van der Waals surface area contributed by atoms with Gasteiger partial charge in [-0.25, -0.2) is 4.79 Å². The molecule has 10 heteroatoms. The zero-order valence-corrected chi connectivity index (χ0v) is 19.6. The van der Waals surface area contributed by atoms with Gasteiger partial charge in [-0.15, -0.1) is 0 Å². The molecular formula is C26H27F3N4O3. The number of aliphatic carboxylic acids is 1. The van der Waals surface area contributed by atoms with Gasteiger partial charge in [-0.05, 0) is 17.5 Å². The van der Waals surface area contributed by atoms with E-state index >= 15 is 0 Å². The molecule has 1 N–H and O–H groups in total. The zero-order valence-electron chi connectivity index (χ0n) is 19.6. The van der Waals surface area contributed by atoms with Crippen LogP contribution in [0.3, 0.4) is 0 Å². The first-order valence-electron chi connectivity index (χ1n) is 11.7. The molecule has 0 unspecified atom stereocenters. The van der Waals surface area contributed by atoms with Crippen LogP contribution in [0, 0.1) is 0 Å². The normalized spacial score (nSPS) is 17.8. The lowest BCUT2D eigenvalue weighted by Crippen LogP contribution is -2.54. The van der Waals surface area contributed by atoms with Crippen molar-refractivity contribution < 1.29 is 27.9 Å². The lowest BCUT2D eigenvalue weighted by atomic mass is 10.00. The fourth-order valence-corrected chi connectivity index (χ4v) is 4.54. The molecular weight excluding hydrogens is 473 g/mol. The van der Waals surface area contributed by atoms with Gasteiger partial charge in [-0.2, -0.15) is 13.2 Å². The van der Waals surface area contributed by atoms with Gasteiger partial charge < -0.3 is 10.0 Å². The summed E-state index contributed by atoms with van der Waals surface area (Å²) >= 11 is 0. The van der Waals surface area contributed by atoms with Crippen LogP contribution < -0.4 is 0 Å². The predicted molar refractivity (Wildman–Crippen MR) is 128 cm³/mol. The maximum atomic E-state index is 13.5. The van der Waals surface area contributed by atoms with Crippen molar-refractivity contribution in [2.24, 2.45) is 4.99 Å². The van der Waals surface area contributed by atoms with E-state index in [-0.39, 0.29) is 5.91 Å². The van der Waals surface area contributed by atoms with E-state index in [1.807, 2.05) is 17.0 Å². The van der Waals surface area contributed by atoms with Crippen LogP contribution in [0.1, 0.15) is 17.5 Å². The van der Waals surface area contributed by atoms with Gasteiger partial charge >= 0.3 is 12.1 Å². The highest BCUT2D eigenvalue weighted by molar-refractivity contribution is 6.09. The van der Waals surface area contributed by atoms with Gasteiger partial charge in [0.15, 0.2) is 0 Å². The Balaban J connectivity index is 0.000000384. The average molecular weight is 501 g/mol. The van der Waals surface area contributed by atoms with Crippen LogP contribution in [0.15, 0.2) is 76.9 Å². The molecule has 2 aromatic rings. The van der Waals surface area contributed by atoms with Crippen LogP contribution >= 0.6 is 0 Å². The number of aliphatic imine (C=N–C) groups is 1. The van der Waals surface area contributed by atoms with Gasteiger partial charge in [-0.1, -0.05) is 60.7 Å². The highest BCUT2D eigenvalue weighted by Gasteiger charge is 2.40. The Bertz CT molecular complexity index is 1150. The minimum atomic E-state index is -5.08. The molecule has 190 valence electrons. The summed E-state index contributed by atoms with van der Waals surface area (Å²) in [5, 5.41) is 7.12. The number of hydrogen-bond donors (Lipinski definition) is 1. The molecule has 0 aromatic heterocycles. The Labute approximate surface area is 207 Å². The van der Waals surface area contributed by atoms with Crippen LogP contribution in [0.25, 0.3) is 0 Å². The van der Waals surface area contributed by atoms with Crippen molar-refractivity contribution in [1.29, 1.82) is 0 Å². The SMILES string of the molecule is O=C(O)C(F)(F)F.O=C1C2=C(CCN(Cc3ccccc3)C2)N2CCN=C2N1CCc1ccccc1. The molecule has 0 saturated carbocycles. The molecule has 0 aliphatic carbocycles. The quantitative estimate of drug-likeness (QED) is 0.680. The molecule has 3 aliphatic rings. The van der Waals surface area contributed by atoms with Gasteiger partial charge in [-0.3, -0.25) is 19.6 Å². The zero-order chi connectivity index (χ0) is 25.7. The van der Waals surface area contributed by atoms with Crippen molar-refractivity contribution in [2.75, 3.05) is 32.7 Å². The standard InChI is InChI=1S/C24H26N4O.C2HF3O2/c29-23-21-18-26(17-20-9-5-2-6-10-20)14-12-22(21)27-16-13-25-24(27)28(23)15-11-19-7-3-1-4-8-19;3-2(4,5)1(6)7/h1-10H,11-18H2;(H,6,7). The van der Waals surface area contributed by atoms with E-state index in [4.69, 9.17) is 9.90 Å². The third-order valence-corrected chi connectivity index (χ3v) is 6.24. The van der Waals surface area contributed by atoms with E-state index in [1.165, 1.54) is 16.8 Å². The second-order valence-corrected chi connectivity index (χ2v) is 8.70. The lowest BCUT2D eigenvalue weighted by Gasteiger charge is -2.42. The number of carbonyl (C=O) groups excluding carboxylic acids is 1. The third-order valence-electron chi connectivity index (χ3n) is 6.24. The van der Waals surface area contributed by atoms with E-state index in [9.17, 15) is 18.0 Å². The van der Waals surface area contributed by atoms with Gasteiger partial charge in [0.2, 0.25) is 5.96 Å². The van der Waals surface area contributed by atoms with Gasteiger partial charge in [0.25, 0.3) is 5.91 Å². The van der Waals surface area contributed by atoms with Crippen LogP contribution in [0.4, 0.5) is 13.2 Å². The summed E-state index contributed by atoms with van der Waals surface area (Å²) in [6, 6.07) is 20.9. The van der Waals surface area contributed by atoms with Crippen LogP contribution in [0.5, 0.6) is 0 Å². The molecule has 0 fully saturated rings. The Morgan fingerprint density at radius 1 is 0.972 bits per heavy atom. The van der Waals surface area contributed by atoms with E-state index < -0.39 is 12.1 Å². The Kier molecular flexibility index (Phi) is 7.73. The summed E-state index contributed by atoms with van der Waals surface area (Å²) in [5.41, 5.74) is 4.70.